The van der Waals surface area contributed by atoms with Crippen molar-refractivity contribution in [3.8, 4) is 0 Å². The van der Waals surface area contributed by atoms with Gasteiger partial charge in [-0.1, -0.05) is 6.08 Å². The maximum atomic E-state index is 10.4. The Labute approximate surface area is 62.3 Å². The van der Waals surface area contributed by atoms with Gasteiger partial charge in [0.1, 0.15) is 0 Å². The van der Waals surface area contributed by atoms with Crippen molar-refractivity contribution in [3.63, 3.8) is 0 Å². The van der Waals surface area contributed by atoms with Crippen LogP contribution in [0.4, 0.5) is 0 Å². The summed E-state index contributed by atoms with van der Waals surface area (Å²) in [5.74, 6) is 0.214. The molecule has 1 aliphatic heterocycles. The number of amides is 1. The molecule has 58 valence electrons. The highest BCUT2D eigenvalue weighted by atomic mass is 16.1. The smallest absolute Gasteiger partial charge is 0.219 e. The Kier molecular flexibility index (Phi) is 5.83. The van der Waals surface area contributed by atoms with Gasteiger partial charge < -0.3 is 5.32 Å². The fraction of sp³-hybridized carbons (Fsp3) is 0.625. The Bertz CT molecular complexity index is 102. The van der Waals surface area contributed by atoms with Gasteiger partial charge in [0.2, 0.25) is 5.91 Å². The molecule has 0 saturated carbocycles. The topological polar surface area (TPSA) is 29.1 Å². The maximum absolute atomic E-state index is 10.4. The van der Waals surface area contributed by atoms with Crippen LogP contribution >= 0.6 is 0 Å². The summed E-state index contributed by atoms with van der Waals surface area (Å²) >= 11 is 0. The molecule has 0 radical (unpaired) electrons. The molecule has 0 aromatic rings. The lowest BCUT2D eigenvalue weighted by Gasteiger charge is -2.08. The van der Waals surface area contributed by atoms with E-state index < -0.39 is 0 Å². The fourth-order valence-corrected chi connectivity index (χ4v) is 0.727. The maximum Gasteiger partial charge on any atom is 0.219 e. The minimum Gasteiger partial charge on any atom is -0.356 e. The molecule has 0 unspecified atom stereocenters. The third-order valence-corrected chi connectivity index (χ3v) is 1.15. The van der Waals surface area contributed by atoms with Gasteiger partial charge >= 0.3 is 0 Å². The Morgan fingerprint density at radius 2 is 2.20 bits per heavy atom. The van der Waals surface area contributed by atoms with Crippen LogP contribution in [-0.4, -0.2) is 12.5 Å². The lowest BCUT2D eigenvalue weighted by molar-refractivity contribution is -0.122. The minimum atomic E-state index is 0.214. The molecule has 2 nitrogen and oxygen atoms in total. The second-order valence-electron chi connectivity index (χ2n) is 2.22. The molecule has 1 amide bonds. The molecule has 0 aromatic carbocycles. The van der Waals surface area contributed by atoms with Crippen molar-refractivity contribution in [2.24, 2.45) is 0 Å². The molecular weight excluding hydrogens is 126 g/mol. The quantitative estimate of drug-likeness (QED) is 0.509. The third kappa shape index (κ3) is 5.35. The highest BCUT2D eigenvalue weighted by Gasteiger charge is 2.04. The molecule has 1 heterocycles. The van der Waals surface area contributed by atoms with Crippen LogP contribution < -0.4 is 5.32 Å². The largest absolute Gasteiger partial charge is 0.356 e. The van der Waals surface area contributed by atoms with Crippen molar-refractivity contribution >= 4 is 5.91 Å². The van der Waals surface area contributed by atoms with Gasteiger partial charge in [-0.2, -0.15) is 0 Å². The van der Waals surface area contributed by atoms with E-state index in [-0.39, 0.29) is 5.91 Å². The van der Waals surface area contributed by atoms with E-state index in [0.29, 0.717) is 0 Å². The highest BCUT2D eigenvalue weighted by molar-refractivity contribution is 5.76. The Balaban J connectivity index is 0.000000236. The summed E-state index contributed by atoms with van der Waals surface area (Å²) in [6, 6.07) is 0. The van der Waals surface area contributed by atoms with E-state index in [2.05, 4.69) is 11.9 Å². The standard InChI is InChI=1S/C5H9NO.C3H6/c7-5-3-1-2-4-6-5;1-3-2/h1-4H2,(H,6,7);3H,1H2,2H3. The van der Waals surface area contributed by atoms with E-state index in [1.54, 1.807) is 6.08 Å². The second kappa shape index (κ2) is 6.33. The fourth-order valence-electron chi connectivity index (χ4n) is 0.727. The molecule has 0 aromatic heterocycles. The van der Waals surface area contributed by atoms with E-state index in [4.69, 9.17) is 0 Å². The van der Waals surface area contributed by atoms with Gasteiger partial charge in [-0.05, 0) is 19.8 Å². The first kappa shape index (κ1) is 9.21. The van der Waals surface area contributed by atoms with Crippen LogP contribution in [0.5, 0.6) is 0 Å². The van der Waals surface area contributed by atoms with Gasteiger partial charge in [0.05, 0.1) is 0 Å². The van der Waals surface area contributed by atoms with Crippen LogP contribution in [0.25, 0.3) is 0 Å². The summed E-state index contributed by atoms with van der Waals surface area (Å²) in [4.78, 5) is 10.4. The normalized spacial score (nSPS) is 16.3. The van der Waals surface area contributed by atoms with Crippen molar-refractivity contribution in [3.05, 3.63) is 12.7 Å². The first-order valence-corrected chi connectivity index (χ1v) is 3.65. The van der Waals surface area contributed by atoms with Gasteiger partial charge in [0.25, 0.3) is 0 Å². The summed E-state index contributed by atoms with van der Waals surface area (Å²) in [5.41, 5.74) is 0. The van der Waals surface area contributed by atoms with Crippen molar-refractivity contribution in [2.75, 3.05) is 6.54 Å². The van der Waals surface area contributed by atoms with Gasteiger partial charge in [-0.3, -0.25) is 4.79 Å². The Hall–Kier alpha value is -0.790. The van der Waals surface area contributed by atoms with Crippen LogP contribution in [0, 0.1) is 0 Å². The van der Waals surface area contributed by atoms with Gasteiger partial charge in [-0.15, -0.1) is 6.58 Å². The molecular formula is C8H15NO. The van der Waals surface area contributed by atoms with Gasteiger partial charge in [0, 0.05) is 13.0 Å². The van der Waals surface area contributed by atoms with Crippen molar-refractivity contribution in [2.45, 2.75) is 26.2 Å². The zero-order chi connectivity index (χ0) is 7.82. The minimum absolute atomic E-state index is 0.214. The number of carbonyl (C=O) groups excluding carboxylic acids is 1. The Morgan fingerprint density at radius 3 is 2.40 bits per heavy atom. The number of rotatable bonds is 0. The van der Waals surface area contributed by atoms with Gasteiger partial charge in [-0.25, -0.2) is 0 Å². The number of piperidine rings is 1. The van der Waals surface area contributed by atoms with Crippen LogP contribution in [0.3, 0.4) is 0 Å². The number of hydrogen-bond acceptors (Lipinski definition) is 1. The molecule has 1 aliphatic rings. The van der Waals surface area contributed by atoms with Crippen LogP contribution in [0.1, 0.15) is 26.2 Å². The SMILES string of the molecule is C=CC.O=C1CCCCN1. The van der Waals surface area contributed by atoms with E-state index in [0.717, 1.165) is 25.8 Å². The molecule has 10 heavy (non-hydrogen) atoms. The lowest BCUT2D eigenvalue weighted by atomic mass is 10.2. The van der Waals surface area contributed by atoms with E-state index in [1.807, 2.05) is 6.92 Å². The zero-order valence-corrected chi connectivity index (χ0v) is 6.52. The molecule has 1 saturated heterocycles. The van der Waals surface area contributed by atoms with Crippen molar-refractivity contribution in [1.82, 2.24) is 5.32 Å². The number of carbonyl (C=O) groups is 1. The summed E-state index contributed by atoms with van der Waals surface area (Å²) in [6.07, 6.45) is 4.72. The van der Waals surface area contributed by atoms with Gasteiger partial charge in [0.15, 0.2) is 0 Å². The molecule has 0 bridgehead atoms. The molecule has 0 atom stereocenters. The first-order chi connectivity index (χ1) is 4.81. The predicted molar refractivity (Wildman–Crippen MR) is 42.7 cm³/mol. The molecule has 1 N–H and O–H groups in total. The van der Waals surface area contributed by atoms with Crippen LogP contribution in [-0.2, 0) is 4.79 Å². The highest BCUT2D eigenvalue weighted by Crippen LogP contribution is 1.98. The molecule has 0 spiro atoms. The van der Waals surface area contributed by atoms with E-state index >= 15 is 0 Å². The van der Waals surface area contributed by atoms with Crippen LogP contribution in [0.15, 0.2) is 12.7 Å². The number of allylic oxidation sites excluding steroid dienone is 1. The number of nitrogens with one attached hydrogen (secondary N) is 1. The molecule has 2 heteroatoms. The zero-order valence-electron chi connectivity index (χ0n) is 6.52. The van der Waals surface area contributed by atoms with Crippen molar-refractivity contribution < 1.29 is 4.79 Å². The first-order valence-electron chi connectivity index (χ1n) is 3.65. The van der Waals surface area contributed by atoms with Crippen LogP contribution in [0.2, 0.25) is 0 Å². The number of hydrogen-bond donors (Lipinski definition) is 1. The monoisotopic (exact) mass is 141 g/mol. The predicted octanol–water partition coefficient (Wildman–Crippen LogP) is 1.48. The molecule has 0 aliphatic carbocycles. The summed E-state index contributed by atoms with van der Waals surface area (Å²) in [6.45, 7) is 6.14. The Morgan fingerprint density at radius 1 is 1.60 bits per heavy atom. The third-order valence-electron chi connectivity index (χ3n) is 1.15. The lowest BCUT2D eigenvalue weighted by Crippen LogP contribution is -2.28. The average molecular weight is 141 g/mol. The average Bonchev–Trinajstić information content (AvgIpc) is 1.91. The van der Waals surface area contributed by atoms with E-state index in [1.165, 1.54) is 0 Å². The summed E-state index contributed by atoms with van der Waals surface area (Å²) in [5, 5.41) is 2.74. The molecule has 1 rings (SSSR count). The summed E-state index contributed by atoms with van der Waals surface area (Å²) in [7, 11) is 0. The van der Waals surface area contributed by atoms with Crippen molar-refractivity contribution in [1.29, 1.82) is 0 Å². The molecule has 1 fully saturated rings. The second-order valence-corrected chi connectivity index (χ2v) is 2.22. The van der Waals surface area contributed by atoms with E-state index in [9.17, 15) is 4.79 Å². The summed E-state index contributed by atoms with van der Waals surface area (Å²) < 4.78 is 0.